The summed E-state index contributed by atoms with van der Waals surface area (Å²) in [6.07, 6.45) is -3.83. The lowest BCUT2D eigenvalue weighted by Crippen LogP contribution is -2.05. The number of hydrogen-bond donors (Lipinski definition) is 0. The van der Waals surface area contributed by atoms with E-state index in [9.17, 15) is 21.9 Å². The summed E-state index contributed by atoms with van der Waals surface area (Å²) in [6, 6.07) is 20.6. The minimum atomic E-state index is -4.69. The van der Waals surface area contributed by atoms with Crippen molar-refractivity contribution in [3.63, 3.8) is 0 Å². The molecule has 0 aliphatic heterocycles. The van der Waals surface area contributed by atoms with Crippen molar-refractivity contribution >= 4 is 22.7 Å². The van der Waals surface area contributed by atoms with Crippen LogP contribution in [0.15, 0.2) is 79.0 Å². The summed E-state index contributed by atoms with van der Waals surface area (Å²) in [5.74, 6) is -0.411. The molecule has 4 rings (SSSR count). The fraction of sp³-hybridized carbons (Fsp3) is 0.0870. The number of hydrogen-bond acceptors (Lipinski definition) is 3. The Bertz CT molecular complexity index is 1290. The Hall–Kier alpha value is -2.94. The SMILES string of the molecule is O=S([O-])Cc1cc(-c2ccccc2)ccc1-n1cc(C(F)(F)F)nc1-c1ccccc1Cl. The highest BCUT2D eigenvalue weighted by molar-refractivity contribution is 7.78. The molecule has 1 aromatic heterocycles. The molecule has 0 saturated carbocycles. The number of rotatable bonds is 5. The zero-order valence-electron chi connectivity index (χ0n) is 16.3. The van der Waals surface area contributed by atoms with Crippen LogP contribution in [0.1, 0.15) is 11.3 Å². The van der Waals surface area contributed by atoms with Gasteiger partial charge in [0.2, 0.25) is 0 Å². The minimum absolute atomic E-state index is 0.0340. The van der Waals surface area contributed by atoms with E-state index in [4.69, 9.17) is 11.6 Å². The van der Waals surface area contributed by atoms with Gasteiger partial charge in [0.15, 0.2) is 5.69 Å². The first-order valence-corrected chi connectivity index (χ1v) is 11.0. The normalized spacial score (nSPS) is 12.7. The smallest absolute Gasteiger partial charge is 0.434 e. The van der Waals surface area contributed by atoms with Gasteiger partial charge in [-0.1, -0.05) is 71.2 Å². The number of aromatic nitrogens is 2. The molecule has 1 atom stereocenters. The van der Waals surface area contributed by atoms with E-state index in [1.54, 1.807) is 42.5 Å². The molecule has 1 heterocycles. The highest BCUT2D eigenvalue weighted by Gasteiger charge is 2.35. The molecule has 9 heteroatoms. The summed E-state index contributed by atoms with van der Waals surface area (Å²) in [4.78, 5) is 3.79. The zero-order valence-corrected chi connectivity index (χ0v) is 17.9. The van der Waals surface area contributed by atoms with Crippen LogP contribution in [-0.2, 0) is 23.0 Å². The van der Waals surface area contributed by atoms with Gasteiger partial charge in [-0.2, -0.15) is 13.2 Å². The zero-order chi connectivity index (χ0) is 22.9. The van der Waals surface area contributed by atoms with E-state index < -0.39 is 23.0 Å². The van der Waals surface area contributed by atoms with Crippen LogP contribution in [0, 0.1) is 0 Å². The first-order valence-electron chi connectivity index (χ1n) is 9.40. The van der Waals surface area contributed by atoms with Crippen molar-refractivity contribution in [2.24, 2.45) is 0 Å². The lowest BCUT2D eigenvalue weighted by Gasteiger charge is -2.16. The van der Waals surface area contributed by atoms with Crippen molar-refractivity contribution in [3.05, 3.63) is 95.3 Å². The highest BCUT2D eigenvalue weighted by Crippen LogP contribution is 2.36. The molecule has 4 aromatic rings. The largest absolute Gasteiger partial charge is 0.772 e. The van der Waals surface area contributed by atoms with Gasteiger partial charge in [-0.05, 0) is 41.0 Å². The molecular formula is C23H15ClF3N2O2S-. The molecule has 0 N–H and O–H groups in total. The van der Waals surface area contributed by atoms with Crippen molar-refractivity contribution in [1.29, 1.82) is 0 Å². The van der Waals surface area contributed by atoms with Gasteiger partial charge in [0, 0.05) is 17.5 Å². The van der Waals surface area contributed by atoms with Gasteiger partial charge in [-0.3, -0.25) is 8.78 Å². The second-order valence-electron chi connectivity index (χ2n) is 6.95. The van der Waals surface area contributed by atoms with Crippen molar-refractivity contribution in [2.75, 3.05) is 0 Å². The summed E-state index contributed by atoms with van der Waals surface area (Å²) in [5.41, 5.74) is 1.39. The summed E-state index contributed by atoms with van der Waals surface area (Å²) in [6.45, 7) is 0. The fourth-order valence-corrected chi connectivity index (χ4v) is 4.11. The van der Waals surface area contributed by atoms with Gasteiger partial charge >= 0.3 is 6.18 Å². The number of benzene rings is 3. The summed E-state index contributed by atoms with van der Waals surface area (Å²) in [5, 5.41) is 0.225. The van der Waals surface area contributed by atoms with E-state index in [0.29, 0.717) is 11.1 Å². The average Bonchev–Trinajstić information content (AvgIpc) is 3.20. The number of imidazole rings is 1. The Labute approximate surface area is 189 Å². The Kier molecular flexibility index (Phi) is 6.19. The molecule has 0 radical (unpaired) electrons. The molecule has 0 spiro atoms. The van der Waals surface area contributed by atoms with Crippen LogP contribution in [0.5, 0.6) is 0 Å². The molecule has 0 fully saturated rings. The second kappa shape index (κ2) is 8.90. The molecule has 3 aromatic carbocycles. The van der Waals surface area contributed by atoms with Crippen molar-refractivity contribution < 1.29 is 21.9 Å². The third-order valence-corrected chi connectivity index (χ3v) is 5.71. The summed E-state index contributed by atoms with van der Waals surface area (Å²) >= 11 is 3.77. The Morgan fingerprint density at radius 2 is 1.66 bits per heavy atom. The average molecular weight is 476 g/mol. The molecule has 4 nitrogen and oxygen atoms in total. The first kappa shape index (κ1) is 22.3. The topological polar surface area (TPSA) is 57.9 Å². The van der Waals surface area contributed by atoms with E-state index in [0.717, 1.165) is 17.3 Å². The fourth-order valence-electron chi connectivity index (χ4n) is 3.41. The molecule has 0 bridgehead atoms. The second-order valence-corrected chi connectivity index (χ2v) is 8.26. The van der Waals surface area contributed by atoms with Crippen LogP contribution < -0.4 is 0 Å². The van der Waals surface area contributed by atoms with Crippen LogP contribution in [0.3, 0.4) is 0 Å². The Balaban J connectivity index is 1.95. The highest BCUT2D eigenvalue weighted by atomic mass is 35.5. The van der Waals surface area contributed by atoms with Gasteiger partial charge in [-0.15, -0.1) is 0 Å². The van der Waals surface area contributed by atoms with Gasteiger partial charge in [-0.25, -0.2) is 4.98 Å². The predicted octanol–water partition coefficient (Wildman–Crippen LogP) is 6.26. The maximum Gasteiger partial charge on any atom is 0.434 e. The van der Waals surface area contributed by atoms with Crippen LogP contribution in [-0.4, -0.2) is 18.3 Å². The third kappa shape index (κ3) is 4.62. The predicted molar refractivity (Wildman–Crippen MR) is 117 cm³/mol. The lowest BCUT2D eigenvalue weighted by atomic mass is 10.0. The molecule has 0 aliphatic rings. The standard InChI is InChI=1S/C23H16ClF3N2O2S/c24-19-9-5-4-8-18(19)22-28-21(23(25,26)27)13-29(22)20-11-10-16(12-17(20)14-32(30)31)15-6-2-1-3-7-15/h1-13H,14H2,(H,30,31)/p-1. The van der Waals surface area contributed by atoms with Crippen LogP contribution in [0.4, 0.5) is 13.2 Å². The van der Waals surface area contributed by atoms with Crippen LogP contribution in [0.25, 0.3) is 28.2 Å². The molecular weight excluding hydrogens is 461 g/mol. The number of nitrogens with zero attached hydrogens (tertiary/aromatic N) is 2. The van der Waals surface area contributed by atoms with E-state index >= 15 is 0 Å². The van der Waals surface area contributed by atoms with E-state index in [2.05, 4.69) is 4.98 Å². The number of halogens is 4. The maximum absolute atomic E-state index is 13.5. The van der Waals surface area contributed by atoms with Gasteiger partial charge in [0.1, 0.15) is 5.82 Å². The third-order valence-electron chi connectivity index (χ3n) is 4.83. The van der Waals surface area contributed by atoms with Crippen LogP contribution >= 0.6 is 11.6 Å². The van der Waals surface area contributed by atoms with Crippen molar-refractivity contribution in [1.82, 2.24) is 9.55 Å². The van der Waals surface area contributed by atoms with Gasteiger partial charge < -0.3 is 4.55 Å². The molecule has 32 heavy (non-hydrogen) atoms. The van der Waals surface area contributed by atoms with Gasteiger partial charge in [0.25, 0.3) is 0 Å². The summed E-state index contributed by atoms with van der Waals surface area (Å²) in [7, 11) is 0. The molecule has 164 valence electrons. The lowest BCUT2D eigenvalue weighted by molar-refractivity contribution is -0.140. The molecule has 1 unspecified atom stereocenters. The van der Waals surface area contributed by atoms with E-state index in [-0.39, 0.29) is 22.3 Å². The Morgan fingerprint density at radius 1 is 0.969 bits per heavy atom. The maximum atomic E-state index is 13.5. The quantitative estimate of drug-likeness (QED) is 0.320. The summed E-state index contributed by atoms with van der Waals surface area (Å²) < 4.78 is 64.8. The first-order chi connectivity index (χ1) is 15.2. The molecule has 0 amide bonds. The van der Waals surface area contributed by atoms with Crippen molar-refractivity contribution in [3.8, 4) is 28.2 Å². The van der Waals surface area contributed by atoms with E-state index in [1.807, 2.05) is 30.3 Å². The number of alkyl halides is 3. The Morgan fingerprint density at radius 3 is 2.31 bits per heavy atom. The van der Waals surface area contributed by atoms with E-state index in [1.165, 1.54) is 4.57 Å². The monoisotopic (exact) mass is 475 g/mol. The van der Waals surface area contributed by atoms with Crippen molar-refractivity contribution in [2.45, 2.75) is 11.9 Å². The van der Waals surface area contributed by atoms with Crippen LogP contribution in [0.2, 0.25) is 5.02 Å². The minimum Gasteiger partial charge on any atom is -0.772 e. The molecule has 0 aliphatic carbocycles. The van der Waals surface area contributed by atoms with Gasteiger partial charge in [0.05, 0.1) is 10.7 Å². The molecule has 0 saturated heterocycles.